The molecule has 0 saturated heterocycles. The Morgan fingerprint density at radius 1 is 1.00 bits per heavy atom. The second-order valence-corrected chi connectivity index (χ2v) is 10.9. The maximum Gasteiger partial charge on any atom is 0.341 e. The van der Waals surface area contributed by atoms with Crippen molar-refractivity contribution in [2.24, 2.45) is 23.7 Å². The maximum absolute atomic E-state index is 13.6. The first-order valence-corrected chi connectivity index (χ1v) is 13.2. The van der Waals surface area contributed by atoms with E-state index in [1.165, 1.54) is 24.2 Å². The minimum Gasteiger partial charge on any atom is -0.481 e. The molecule has 0 unspecified atom stereocenters. The molecule has 2 bridgehead atoms. The topological polar surface area (TPSA) is 92.7 Å². The number of nitrogens with one attached hydrogen (secondary N) is 1. The summed E-state index contributed by atoms with van der Waals surface area (Å²) in [7, 11) is 0. The first-order valence-electron chi connectivity index (χ1n) is 12.4. The van der Waals surface area contributed by atoms with Crippen molar-refractivity contribution in [1.82, 2.24) is 0 Å². The normalized spacial score (nSPS) is 26.7. The molecule has 2 saturated carbocycles. The molecule has 0 aliphatic heterocycles. The number of hydrogen-bond donors (Lipinski definition) is 2. The number of hydrogen-bond acceptors (Lipinski definition) is 5. The number of carboxylic acid groups (broad SMARTS) is 1. The van der Waals surface area contributed by atoms with Crippen molar-refractivity contribution in [1.29, 1.82) is 0 Å². The molecular formula is C26H35NO5S. The minimum absolute atomic E-state index is 0.0309. The second-order valence-electron chi connectivity index (χ2n) is 9.82. The standard InChI is InChI=1S/C26H35NO5S/c1-4-32-26(31)22-15-10-8-6-5-7-9-11-18(15)33-24(22)27-23(28)20-16-12-13-17(19(16)14(2)3)21(20)25(29)30/h16-17,20-21H,4-13H2,1-3H3,(H,27,28)(H,29,30)/t16-,17-,20+,21+/m1/s1. The van der Waals surface area contributed by atoms with Gasteiger partial charge in [0.2, 0.25) is 5.91 Å². The fourth-order valence-electron chi connectivity index (χ4n) is 6.40. The number of esters is 1. The molecule has 4 rings (SSSR count). The molecule has 33 heavy (non-hydrogen) atoms. The summed E-state index contributed by atoms with van der Waals surface area (Å²) < 4.78 is 5.38. The molecule has 6 nitrogen and oxygen atoms in total. The zero-order chi connectivity index (χ0) is 23.7. The Morgan fingerprint density at radius 2 is 1.64 bits per heavy atom. The Morgan fingerprint density at radius 3 is 2.27 bits per heavy atom. The molecule has 3 aliphatic rings. The molecule has 3 aliphatic carbocycles. The molecule has 180 valence electrons. The fourth-order valence-corrected chi connectivity index (χ4v) is 7.68. The van der Waals surface area contributed by atoms with Crippen molar-refractivity contribution in [3.63, 3.8) is 0 Å². The number of aliphatic carboxylic acids is 1. The van der Waals surface area contributed by atoms with Gasteiger partial charge in [-0.05, 0) is 76.7 Å². The monoisotopic (exact) mass is 473 g/mol. The molecule has 4 atom stereocenters. The van der Waals surface area contributed by atoms with E-state index in [1.54, 1.807) is 6.92 Å². The summed E-state index contributed by atoms with van der Waals surface area (Å²) in [5.74, 6) is -2.97. The van der Waals surface area contributed by atoms with Gasteiger partial charge in [-0.15, -0.1) is 11.3 Å². The summed E-state index contributed by atoms with van der Waals surface area (Å²) in [6.45, 7) is 6.08. The lowest BCUT2D eigenvalue weighted by molar-refractivity contribution is -0.148. The molecule has 2 fully saturated rings. The number of thiophene rings is 1. The zero-order valence-electron chi connectivity index (χ0n) is 19.9. The Hall–Kier alpha value is -2.15. The average molecular weight is 474 g/mol. The highest BCUT2D eigenvalue weighted by Gasteiger charge is 2.57. The Balaban J connectivity index is 1.68. The van der Waals surface area contributed by atoms with Gasteiger partial charge < -0.3 is 15.2 Å². The van der Waals surface area contributed by atoms with Crippen molar-refractivity contribution in [2.75, 3.05) is 11.9 Å². The van der Waals surface area contributed by atoms with E-state index in [0.29, 0.717) is 10.6 Å². The van der Waals surface area contributed by atoms with Crippen molar-refractivity contribution < 1.29 is 24.2 Å². The fraction of sp³-hybridized carbons (Fsp3) is 0.654. The van der Waals surface area contributed by atoms with Crippen LogP contribution in [0.15, 0.2) is 11.1 Å². The van der Waals surface area contributed by atoms with E-state index < -0.39 is 23.8 Å². The summed E-state index contributed by atoms with van der Waals surface area (Å²) in [4.78, 5) is 39.9. The van der Waals surface area contributed by atoms with Crippen LogP contribution in [0.1, 0.15) is 86.5 Å². The van der Waals surface area contributed by atoms with Crippen LogP contribution in [-0.4, -0.2) is 29.6 Å². The summed E-state index contributed by atoms with van der Waals surface area (Å²) >= 11 is 1.48. The number of allylic oxidation sites excluding steroid dienone is 2. The number of amides is 1. The van der Waals surface area contributed by atoms with Gasteiger partial charge in [-0.3, -0.25) is 9.59 Å². The minimum atomic E-state index is -0.901. The summed E-state index contributed by atoms with van der Waals surface area (Å²) in [5, 5.41) is 13.5. The van der Waals surface area contributed by atoms with Crippen molar-refractivity contribution in [3.8, 4) is 0 Å². The first kappa shape index (κ1) is 24.0. The van der Waals surface area contributed by atoms with E-state index in [4.69, 9.17) is 4.74 Å². The lowest BCUT2D eigenvalue weighted by Gasteiger charge is -2.26. The van der Waals surface area contributed by atoms with E-state index in [1.807, 2.05) is 13.8 Å². The number of carboxylic acids is 1. The molecule has 1 aromatic rings. The molecular weight excluding hydrogens is 438 g/mol. The summed E-state index contributed by atoms with van der Waals surface area (Å²) in [5.41, 5.74) is 3.79. The van der Waals surface area contributed by atoms with Crippen molar-refractivity contribution >= 4 is 34.2 Å². The number of fused-ring (bicyclic) bond motifs is 3. The molecule has 7 heteroatoms. The lowest BCUT2D eigenvalue weighted by Crippen LogP contribution is -2.38. The predicted molar refractivity (Wildman–Crippen MR) is 129 cm³/mol. The van der Waals surface area contributed by atoms with Gasteiger partial charge in [0, 0.05) is 4.88 Å². The van der Waals surface area contributed by atoms with Crippen molar-refractivity contribution in [2.45, 2.75) is 78.6 Å². The van der Waals surface area contributed by atoms with E-state index in [2.05, 4.69) is 5.32 Å². The predicted octanol–water partition coefficient (Wildman–Crippen LogP) is 5.61. The Labute approximate surface area is 199 Å². The van der Waals surface area contributed by atoms with Crippen molar-refractivity contribution in [3.05, 3.63) is 27.2 Å². The van der Waals surface area contributed by atoms with E-state index in [0.717, 1.165) is 66.5 Å². The zero-order valence-corrected chi connectivity index (χ0v) is 20.7. The third-order valence-corrected chi connectivity index (χ3v) is 8.85. The Kier molecular flexibility index (Phi) is 7.27. The van der Waals surface area contributed by atoms with Gasteiger partial charge in [-0.25, -0.2) is 4.79 Å². The van der Waals surface area contributed by atoms with Crippen LogP contribution in [0.2, 0.25) is 0 Å². The number of carbonyl (C=O) groups excluding carboxylic acids is 2. The van der Waals surface area contributed by atoms with Crippen LogP contribution in [0.4, 0.5) is 5.00 Å². The summed E-state index contributed by atoms with van der Waals surface area (Å²) in [6, 6.07) is 0. The third kappa shape index (κ3) is 4.48. The SMILES string of the molecule is CCOC(=O)c1c(NC(=O)[C@@H]2[C@@H](C(=O)O)[C@@H]3CC[C@@H]2C3=C(C)C)sc2c1CCCCCCC2. The Bertz CT molecular complexity index is 974. The number of ether oxygens (including phenoxy) is 1. The number of carbonyl (C=O) groups is 3. The van der Waals surface area contributed by atoms with Crippen LogP contribution in [0, 0.1) is 23.7 Å². The van der Waals surface area contributed by atoms with Crippen LogP contribution < -0.4 is 5.32 Å². The van der Waals surface area contributed by atoms with Gasteiger partial charge in [-0.1, -0.05) is 30.4 Å². The van der Waals surface area contributed by atoms with E-state index >= 15 is 0 Å². The quantitative estimate of drug-likeness (QED) is 0.429. The maximum atomic E-state index is 13.6. The lowest BCUT2D eigenvalue weighted by atomic mass is 9.78. The van der Waals surface area contributed by atoms with Gasteiger partial charge in [0.1, 0.15) is 5.00 Å². The average Bonchev–Trinajstić information content (AvgIpc) is 3.43. The highest BCUT2D eigenvalue weighted by Crippen LogP contribution is 2.57. The molecule has 0 spiro atoms. The van der Waals surface area contributed by atoms with Crippen LogP contribution >= 0.6 is 11.3 Å². The molecule has 0 aromatic carbocycles. The molecule has 1 heterocycles. The van der Waals surface area contributed by atoms with Gasteiger partial charge >= 0.3 is 11.9 Å². The second kappa shape index (κ2) is 10.00. The van der Waals surface area contributed by atoms with Crippen LogP contribution in [0.25, 0.3) is 0 Å². The highest BCUT2D eigenvalue weighted by atomic mass is 32.1. The molecule has 1 aromatic heterocycles. The molecule has 0 radical (unpaired) electrons. The number of anilines is 1. The van der Waals surface area contributed by atoms with Gasteiger partial charge in [0.25, 0.3) is 0 Å². The van der Waals surface area contributed by atoms with Gasteiger partial charge in [0.05, 0.1) is 24.0 Å². The number of aryl methyl sites for hydroxylation is 1. The first-order chi connectivity index (χ1) is 15.8. The van der Waals surface area contributed by atoms with Crippen LogP contribution in [0.5, 0.6) is 0 Å². The van der Waals surface area contributed by atoms with E-state index in [9.17, 15) is 19.5 Å². The smallest absolute Gasteiger partial charge is 0.341 e. The van der Waals surface area contributed by atoms with Gasteiger partial charge in [0.15, 0.2) is 0 Å². The third-order valence-electron chi connectivity index (χ3n) is 7.64. The molecule has 2 N–H and O–H groups in total. The largest absolute Gasteiger partial charge is 0.481 e. The number of rotatable bonds is 5. The summed E-state index contributed by atoms with van der Waals surface area (Å²) in [6.07, 6.45) is 8.98. The molecule has 1 amide bonds. The van der Waals surface area contributed by atoms with Crippen LogP contribution in [-0.2, 0) is 27.2 Å². The van der Waals surface area contributed by atoms with Gasteiger partial charge in [-0.2, -0.15) is 0 Å². The van der Waals surface area contributed by atoms with Crippen LogP contribution in [0.3, 0.4) is 0 Å². The van der Waals surface area contributed by atoms with E-state index in [-0.39, 0.29) is 24.3 Å². The highest BCUT2D eigenvalue weighted by molar-refractivity contribution is 7.17.